The third-order valence-electron chi connectivity index (χ3n) is 2.82. The average molecular weight is 301 g/mol. The van der Waals surface area contributed by atoms with Gasteiger partial charge in [0.2, 0.25) is 5.95 Å². The van der Waals surface area contributed by atoms with E-state index in [9.17, 15) is 13.6 Å². The molecule has 3 rings (SSSR count). The predicted octanol–water partition coefficient (Wildman–Crippen LogP) is 2.19. The van der Waals surface area contributed by atoms with Gasteiger partial charge in [0.25, 0.3) is 5.91 Å². The van der Waals surface area contributed by atoms with E-state index in [4.69, 9.17) is 0 Å². The molecule has 0 fully saturated rings. The van der Waals surface area contributed by atoms with Crippen LogP contribution in [0.5, 0.6) is 0 Å². The zero-order chi connectivity index (χ0) is 15.5. The van der Waals surface area contributed by atoms with Crippen molar-refractivity contribution in [3.8, 4) is 5.95 Å². The van der Waals surface area contributed by atoms with Crippen LogP contribution in [0.1, 0.15) is 10.4 Å². The molecule has 0 saturated carbocycles. The molecule has 0 radical (unpaired) electrons. The number of hydrogen-bond donors (Lipinski definition) is 1. The van der Waals surface area contributed by atoms with Gasteiger partial charge in [0.05, 0.1) is 18.1 Å². The number of rotatable bonds is 3. The van der Waals surface area contributed by atoms with Gasteiger partial charge in [-0.1, -0.05) is 6.07 Å². The molecule has 0 aliphatic carbocycles. The summed E-state index contributed by atoms with van der Waals surface area (Å²) in [5.74, 6) is -2.43. The van der Waals surface area contributed by atoms with Gasteiger partial charge in [0.1, 0.15) is 23.5 Å². The Bertz CT molecular complexity index is 782. The minimum Gasteiger partial charge on any atom is -0.319 e. The summed E-state index contributed by atoms with van der Waals surface area (Å²) in [4.78, 5) is 23.8. The number of hydrogen-bond acceptors (Lipinski definition) is 4. The molecule has 0 aliphatic rings. The molecule has 0 saturated heterocycles. The maximum atomic E-state index is 13.5. The first kappa shape index (κ1) is 13.8. The Hall–Kier alpha value is -3.16. The Balaban J connectivity index is 1.80. The van der Waals surface area contributed by atoms with Gasteiger partial charge in [0, 0.05) is 12.4 Å². The predicted molar refractivity (Wildman–Crippen MR) is 73.5 cm³/mol. The van der Waals surface area contributed by atoms with Crippen molar-refractivity contribution in [2.45, 2.75) is 0 Å². The van der Waals surface area contributed by atoms with Crippen LogP contribution in [0.4, 0.5) is 14.5 Å². The fourth-order valence-corrected chi connectivity index (χ4v) is 1.80. The molecule has 1 N–H and O–H groups in total. The summed E-state index contributed by atoms with van der Waals surface area (Å²) in [7, 11) is 0. The SMILES string of the molecule is O=C(Nc1cnc(-n2ccnc2)nc1)c1c(F)cccc1F. The normalized spacial score (nSPS) is 10.5. The van der Waals surface area contributed by atoms with E-state index in [1.165, 1.54) is 24.8 Å². The molecule has 0 spiro atoms. The Morgan fingerprint density at radius 1 is 1.14 bits per heavy atom. The summed E-state index contributed by atoms with van der Waals surface area (Å²) in [6.07, 6.45) is 7.41. The van der Waals surface area contributed by atoms with Crippen molar-refractivity contribution in [3.63, 3.8) is 0 Å². The van der Waals surface area contributed by atoms with Crippen LogP contribution >= 0.6 is 0 Å². The largest absolute Gasteiger partial charge is 0.319 e. The summed E-state index contributed by atoms with van der Waals surface area (Å²) < 4.78 is 28.6. The molecular formula is C14H9F2N5O. The Morgan fingerprint density at radius 2 is 1.82 bits per heavy atom. The van der Waals surface area contributed by atoms with E-state index in [1.807, 2.05) is 0 Å². The number of carbonyl (C=O) groups excluding carboxylic acids is 1. The number of imidazole rings is 1. The number of anilines is 1. The van der Waals surface area contributed by atoms with E-state index in [0.29, 0.717) is 5.95 Å². The number of nitrogens with one attached hydrogen (secondary N) is 1. The molecule has 110 valence electrons. The maximum absolute atomic E-state index is 13.5. The number of benzene rings is 1. The molecule has 0 bridgehead atoms. The maximum Gasteiger partial charge on any atom is 0.261 e. The monoisotopic (exact) mass is 301 g/mol. The molecule has 22 heavy (non-hydrogen) atoms. The quantitative estimate of drug-likeness (QED) is 0.805. The van der Waals surface area contributed by atoms with Gasteiger partial charge in [-0.2, -0.15) is 0 Å². The first-order chi connectivity index (χ1) is 10.6. The van der Waals surface area contributed by atoms with Gasteiger partial charge in [0.15, 0.2) is 0 Å². The smallest absolute Gasteiger partial charge is 0.261 e. The molecule has 6 nitrogen and oxygen atoms in total. The number of carbonyl (C=O) groups is 1. The van der Waals surface area contributed by atoms with Crippen LogP contribution in [0, 0.1) is 11.6 Å². The molecule has 3 aromatic rings. The van der Waals surface area contributed by atoms with E-state index in [1.54, 1.807) is 17.0 Å². The fourth-order valence-electron chi connectivity index (χ4n) is 1.80. The van der Waals surface area contributed by atoms with Crippen molar-refractivity contribution in [1.82, 2.24) is 19.5 Å². The van der Waals surface area contributed by atoms with Gasteiger partial charge in [-0.15, -0.1) is 0 Å². The molecule has 1 amide bonds. The summed E-state index contributed by atoms with van der Waals surface area (Å²) in [5.41, 5.74) is -0.433. The lowest BCUT2D eigenvalue weighted by Gasteiger charge is -2.07. The number of amides is 1. The van der Waals surface area contributed by atoms with Crippen molar-refractivity contribution >= 4 is 11.6 Å². The minimum absolute atomic E-state index is 0.219. The second-order valence-corrected chi connectivity index (χ2v) is 4.29. The lowest BCUT2D eigenvalue weighted by atomic mass is 10.2. The molecule has 0 unspecified atom stereocenters. The highest BCUT2D eigenvalue weighted by Gasteiger charge is 2.17. The van der Waals surface area contributed by atoms with Crippen LogP contribution in [-0.2, 0) is 0 Å². The van der Waals surface area contributed by atoms with E-state index >= 15 is 0 Å². The van der Waals surface area contributed by atoms with Crippen LogP contribution in [-0.4, -0.2) is 25.4 Å². The zero-order valence-electron chi connectivity index (χ0n) is 11.1. The standard InChI is InChI=1S/C14H9F2N5O/c15-10-2-1-3-11(16)12(10)13(22)20-9-6-18-14(19-7-9)21-5-4-17-8-21/h1-8H,(H,20,22). The molecule has 2 heterocycles. The molecular weight excluding hydrogens is 292 g/mol. The Labute approximate surface area is 123 Å². The third-order valence-corrected chi connectivity index (χ3v) is 2.82. The summed E-state index contributed by atoms with van der Waals surface area (Å²) >= 11 is 0. The number of aromatic nitrogens is 4. The van der Waals surface area contributed by atoms with Gasteiger partial charge in [-0.3, -0.25) is 9.36 Å². The van der Waals surface area contributed by atoms with Gasteiger partial charge in [-0.05, 0) is 12.1 Å². The van der Waals surface area contributed by atoms with E-state index in [2.05, 4.69) is 20.3 Å². The Morgan fingerprint density at radius 3 is 2.41 bits per heavy atom. The number of nitrogens with zero attached hydrogens (tertiary/aromatic N) is 4. The van der Waals surface area contributed by atoms with Crippen molar-refractivity contribution in [2.24, 2.45) is 0 Å². The molecule has 2 aromatic heterocycles. The van der Waals surface area contributed by atoms with Crippen LogP contribution in [0.3, 0.4) is 0 Å². The van der Waals surface area contributed by atoms with Crippen LogP contribution in [0.25, 0.3) is 5.95 Å². The Kier molecular flexibility index (Phi) is 3.57. The molecule has 8 heteroatoms. The van der Waals surface area contributed by atoms with Crippen LogP contribution < -0.4 is 5.32 Å². The zero-order valence-corrected chi connectivity index (χ0v) is 11.1. The molecule has 0 atom stereocenters. The summed E-state index contributed by atoms with van der Waals surface area (Å²) in [6.45, 7) is 0. The van der Waals surface area contributed by atoms with Gasteiger partial charge in [-0.25, -0.2) is 23.7 Å². The minimum atomic E-state index is -0.937. The average Bonchev–Trinajstić information content (AvgIpc) is 3.02. The summed E-state index contributed by atoms with van der Waals surface area (Å²) in [6, 6.07) is 3.21. The first-order valence-electron chi connectivity index (χ1n) is 6.21. The summed E-state index contributed by atoms with van der Waals surface area (Å²) in [5, 5.41) is 2.34. The van der Waals surface area contributed by atoms with E-state index in [-0.39, 0.29) is 5.69 Å². The van der Waals surface area contributed by atoms with Crippen molar-refractivity contribution in [1.29, 1.82) is 0 Å². The van der Waals surface area contributed by atoms with Crippen molar-refractivity contribution in [3.05, 3.63) is 66.5 Å². The fraction of sp³-hybridized carbons (Fsp3) is 0. The van der Waals surface area contributed by atoms with E-state index < -0.39 is 23.1 Å². The lowest BCUT2D eigenvalue weighted by Crippen LogP contribution is -2.16. The lowest BCUT2D eigenvalue weighted by molar-refractivity contribution is 0.101. The van der Waals surface area contributed by atoms with Gasteiger partial charge >= 0.3 is 0 Å². The topological polar surface area (TPSA) is 72.7 Å². The van der Waals surface area contributed by atoms with Crippen LogP contribution in [0.2, 0.25) is 0 Å². The van der Waals surface area contributed by atoms with Crippen LogP contribution in [0.15, 0.2) is 49.3 Å². The third kappa shape index (κ3) is 2.66. The highest BCUT2D eigenvalue weighted by Crippen LogP contribution is 2.14. The highest BCUT2D eigenvalue weighted by molar-refractivity contribution is 6.04. The second-order valence-electron chi connectivity index (χ2n) is 4.29. The first-order valence-corrected chi connectivity index (χ1v) is 6.21. The van der Waals surface area contributed by atoms with E-state index in [0.717, 1.165) is 12.1 Å². The van der Waals surface area contributed by atoms with Crippen molar-refractivity contribution in [2.75, 3.05) is 5.32 Å². The molecule has 1 aromatic carbocycles. The van der Waals surface area contributed by atoms with Gasteiger partial charge < -0.3 is 5.32 Å². The number of halogens is 2. The highest BCUT2D eigenvalue weighted by atomic mass is 19.1. The van der Waals surface area contributed by atoms with Crippen molar-refractivity contribution < 1.29 is 13.6 Å². The second kappa shape index (κ2) is 5.68. The molecule has 0 aliphatic heterocycles.